The van der Waals surface area contributed by atoms with Gasteiger partial charge in [-0.25, -0.2) is 0 Å². The van der Waals surface area contributed by atoms with Gasteiger partial charge in [0.2, 0.25) is 0 Å². The van der Waals surface area contributed by atoms with Crippen molar-refractivity contribution in [1.29, 1.82) is 0 Å². The molecule has 0 amide bonds. The summed E-state index contributed by atoms with van der Waals surface area (Å²) in [7, 11) is 1.91. The van der Waals surface area contributed by atoms with Crippen LogP contribution in [0.15, 0.2) is 0 Å². The first-order chi connectivity index (χ1) is 7.02. The van der Waals surface area contributed by atoms with Crippen LogP contribution in [-0.4, -0.2) is 48.7 Å². The van der Waals surface area contributed by atoms with E-state index in [1.54, 1.807) is 0 Å². The maximum Gasteiger partial charge on any atom is 0.307 e. The Morgan fingerprint density at radius 2 is 2.20 bits per heavy atom. The number of carboxylic acid groups (broad SMARTS) is 1. The van der Waals surface area contributed by atoms with Gasteiger partial charge in [-0.15, -0.1) is 0 Å². The minimum absolute atomic E-state index is 0.213. The van der Waals surface area contributed by atoms with E-state index in [0.717, 1.165) is 19.5 Å². The van der Waals surface area contributed by atoms with Crippen molar-refractivity contribution in [3.63, 3.8) is 0 Å². The first kappa shape index (κ1) is 12.5. The molecule has 0 radical (unpaired) electrons. The van der Waals surface area contributed by atoms with E-state index < -0.39 is 5.97 Å². The van der Waals surface area contributed by atoms with Gasteiger partial charge in [0.1, 0.15) is 0 Å². The summed E-state index contributed by atoms with van der Waals surface area (Å²) < 4.78 is 0. The molecule has 15 heavy (non-hydrogen) atoms. The maximum atomic E-state index is 11.0. The molecule has 0 aromatic heterocycles. The topological polar surface area (TPSA) is 52.6 Å². The van der Waals surface area contributed by atoms with Gasteiger partial charge in [-0.3, -0.25) is 4.79 Å². The van der Waals surface area contributed by atoms with Gasteiger partial charge < -0.3 is 15.3 Å². The summed E-state index contributed by atoms with van der Waals surface area (Å²) in [6, 6.07) is 0.318. The SMILES string of the molecule is CNC1CC(C(=O)O)CN(CC(C)C)C1. The van der Waals surface area contributed by atoms with E-state index in [9.17, 15) is 4.79 Å². The van der Waals surface area contributed by atoms with Gasteiger partial charge in [0.25, 0.3) is 0 Å². The molecule has 1 aliphatic rings. The third-order valence-electron chi connectivity index (χ3n) is 2.91. The smallest absolute Gasteiger partial charge is 0.307 e. The molecule has 1 heterocycles. The van der Waals surface area contributed by atoms with Crippen LogP contribution in [0.2, 0.25) is 0 Å². The standard InChI is InChI=1S/C11H22N2O2/c1-8(2)5-13-6-9(11(14)15)4-10(7-13)12-3/h8-10,12H,4-7H2,1-3H3,(H,14,15). The number of rotatable bonds is 4. The van der Waals surface area contributed by atoms with Crippen LogP contribution in [-0.2, 0) is 4.79 Å². The molecule has 1 aliphatic heterocycles. The maximum absolute atomic E-state index is 11.0. The van der Waals surface area contributed by atoms with Crippen LogP contribution in [0.25, 0.3) is 0 Å². The number of piperidine rings is 1. The number of nitrogens with one attached hydrogen (secondary N) is 1. The van der Waals surface area contributed by atoms with Gasteiger partial charge in [-0.05, 0) is 19.4 Å². The zero-order chi connectivity index (χ0) is 11.4. The van der Waals surface area contributed by atoms with Crippen LogP contribution in [0.5, 0.6) is 0 Å². The summed E-state index contributed by atoms with van der Waals surface area (Å²) in [5, 5.41) is 12.2. The average Bonchev–Trinajstić information content (AvgIpc) is 2.16. The lowest BCUT2D eigenvalue weighted by Crippen LogP contribution is -2.50. The second-order valence-electron chi connectivity index (χ2n) is 4.87. The summed E-state index contributed by atoms with van der Waals surface area (Å²) in [5.74, 6) is -0.284. The van der Waals surface area contributed by atoms with E-state index in [0.29, 0.717) is 18.5 Å². The van der Waals surface area contributed by atoms with E-state index in [4.69, 9.17) is 5.11 Å². The van der Waals surface area contributed by atoms with Crippen LogP contribution in [0.3, 0.4) is 0 Å². The van der Waals surface area contributed by atoms with Gasteiger partial charge >= 0.3 is 5.97 Å². The van der Waals surface area contributed by atoms with Crippen LogP contribution >= 0.6 is 0 Å². The number of likely N-dealkylation sites (tertiary alicyclic amines) is 1. The lowest BCUT2D eigenvalue weighted by molar-refractivity contribution is -0.144. The Bertz CT molecular complexity index is 219. The van der Waals surface area contributed by atoms with Gasteiger partial charge in [0.15, 0.2) is 0 Å². The highest BCUT2D eigenvalue weighted by Gasteiger charge is 2.30. The normalized spacial score (nSPS) is 28.3. The zero-order valence-corrected chi connectivity index (χ0v) is 9.86. The Kier molecular flexibility index (Phi) is 4.54. The van der Waals surface area contributed by atoms with Crippen molar-refractivity contribution in [2.45, 2.75) is 26.3 Å². The highest BCUT2D eigenvalue weighted by molar-refractivity contribution is 5.70. The molecule has 0 aromatic rings. The van der Waals surface area contributed by atoms with E-state index >= 15 is 0 Å². The summed E-state index contributed by atoms with van der Waals surface area (Å²) in [6.07, 6.45) is 0.750. The molecule has 1 saturated heterocycles. The second-order valence-corrected chi connectivity index (χ2v) is 4.87. The molecule has 2 atom stereocenters. The highest BCUT2D eigenvalue weighted by atomic mass is 16.4. The minimum Gasteiger partial charge on any atom is -0.481 e. The molecule has 1 rings (SSSR count). The average molecular weight is 214 g/mol. The minimum atomic E-state index is -0.663. The first-order valence-corrected chi connectivity index (χ1v) is 5.65. The predicted octanol–water partition coefficient (Wildman–Crippen LogP) is 0.637. The Balaban J connectivity index is 2.54. The van der Waals surface area contributed by atoms with Gasteiger partial charge in [-0.2, -0.15) is 0 Å². The van der Waals surface area contributed by atoms with Crippen LogP contribution in [0.4, 0.5) is 0 Å². The fourth-order valence-corrected chi connectivity index (χ4v) is 2.24. The van der Waals surface area contributed by atoms with Gasteiger partial charge in [-0.1, -0.05) is 13.8 Å². The number of hydrogen-bond donors (Lipinski definition) is 2. The van der Waals surface area contributed by atoms with Gasteiger partial charge in [0, 0.05) is 25.7 Å². The number of carbonyl (C=O) groups is 1. The molecule has 4 nitrogen and oxygen atoms in total. The summed E-state index contributed by atoms with van der Waals surface area (Å²) in [5.41, 5.74) is 0. The fourth-order valence-electron chi connectivity index (χ4n) is 2.24. The molecule has 0 spiro atoms. The number of hydrogen-bond acceptors (Lipinski definition) is 3. The van der Waals surface area contributed by atoms with Crippen molar-refractivity contribution in [2.24, 2.45) is 11.8 Å². The summed E-state index contributed by atoms with van der Waals surface area (Å²) in [4.78, 5) is 13.3. The predicted molar refractivity (Wildman–Crippen MR) is 59.9 cm³/mol. The molecular weight excluding hydrogens is 192 g/mol. The number of likely N-dealkylation sites (N-methyl/N-ethyl adjacent to an activating group) is 1. The molecule has 1 fully saturated rings. The number of aliphatic carboxylic acids is 1. The van der Waals surface area contributed by atoms with Crippen molar-refractivity contribution in [1.82, 2.24) is 10.2 Å². The van der Waals surface area contributed by atoms with Crippen molar-refractivity contribution in [3.05, 3.63) is 0 Å². The summed E-state index contributed by atoms with van der Waals surface area (Å²) >= 11 is 0. The molecule has 4 heteroatoms. The highest BCUT2D eigenvalue weighted by Crippen LogP contribution is 2.18. The Morgan fingerprint density at radius 3 is 2.67 bits per heavy atom. The molecule has 0 aliphatic carbocycles. The van der Waals surface area contributed by atoms with Crippen molar-refractivity contribution in [2.75, 3.05) is 26.7 Å². The monoisotopic (exact) mass is 214 g/mol. The molecular formula is C11H22N2O2. The number of nitrogens with zero attached hydrogens (tertiary/aromatic N) is 1. The lowest BCUT2D eigenvalue weighted by atomic mass is 9.94. The lowest BCUT2D eigenvalue weighted by Gasteiger charge is -2.36. The van der Waals surface area contributed by atoms with E-state index in [2.05, 4.69) is 24.1 Å². The van der Waals surface area contributed by atoms with Gasteiger partial charge in [0.05, 0.1) is 5.92 Å². The molecule has 2 N–H and O–H groups in total. The first-order valence-electron chi connectivity index (χ1n) is 5.65. The Labute approximate surface area is 91.6 Å². The Morgan fingerprint density at radius 1 is 1.53 bits per heavy atom. The zero-order valence-electron chi connectivity index (χ0n) is 9.86. The quantitative estimate of drug-likeness (QED) is 0.721. The van der Waals surface area contributed by atoms with E-state index in [-0.39, 0.29) is 5.92 Å². The van der Waals surface area contributed by atoms with Crippen LogP contribution in [0.1, 0.15) is 20.3 Å². The van der Waals surface area contributed by atoms with Crippen molar-refractivity contribution in [3.8, 4) is 0 Å². The fraction of sp³-hybridized carbons (Fsp3) is 0.909. The Hall–Kier alpha value is -0.610. The van der Waals surface area contributed by atoms with E-state index in [1.165, 1.54) is 0 Å². The second kappa shape index (κ2) is 5.47. The molecule has 88 valence electrons. The molecule has 2 unspecified atom stereocenters. The molecule has 0 bridgehead atoms. The van der Waals surface area contributed by atoms with E-state index in [1.807, 2.05) is 7.05 Å². The largest absolute Gasteiger partial charge is 0.481 e. The summed E-state index contributed by atoms with van der Waals surface area (Å²) in [6.45, 7) is 6.99. The van der Waals surface area contributed by atoms with Crippen LogP contribution in [0, 0.1) is 11.8 Å². The van der Waals surface area contributed by atoms with Crippen LogP contribution < -0.4 is 5.32 Å². The van der Waals surface area contributed by atoms with Crippen molar-refractivity contribution >= 4 is 5.97 Å². The third kappa shape index (κ3) is 3.80. The molecule has 0 aromatic carbocycles. The molecule has 0 saturated carbocycles. The van der Waals surface area contributed by atoms with Crippen molar-refractivity contribution < 1.29 is 9.90 Å². The third-order valence-corrected chi connectivity index (χ3v) is 2.91. The number of carboxylic acids is 1.